The molecular weight excluding hydrogens is 196 g/mol. The predicted octanol–water partition coefficient (Wildman–Crippen LogP) is 0.966. The van der Waals surface area contributed by atoms with E-state index >= 15 is 0 Å². The fraction of sp³-hybridized carbons (Fsp3) is 0.600. The van der Waals surface area contributed by atoms with E-state index in [1.165, 1.54) is 6.07 Å². The summed E-state index contributed by atoms with van der Waals surface area (Å²) in [5.41, 5.74) is -0.115. The topological polar surface area (TPSA) is 66.6 Å². The van der Waals surface area contributed by atoms with Crippen LogP contribution in [0, 0.1) is 0 Å². The Morgan fingerprint density at radius 1 is 1.73 bits per heavy atom. The molecule has 0 aliphatic carbocycles. The molecule has 0 saturated carbocycles. The van der Waals surface area contributed by atoms with Crippen LogP contribution < -0.4 is 0 Å². The molecule has 1 saturated heterocycles. The second-order valence-corrected chi connectivity index (χ2v) is 4.43. The van der Waals surface area contributed by atoms with Crippen molar-refractivity contribution in [2.24, 2.45) is 0 Å². The van der Waals surface area contributed by atoms with Crippen LogP contribution in [0.15, 0.2) is 10.6 Å². The van der Waals surface area contributed by atoms with Gasteiger partial charge in [-0.25, -0.2) is 4.79 Å². The molecule has 1 N–H and O–H groups in total. The smallest absolute Gasteiger partial charge is 0.358 e. The zero-order valence-corrected chi connectivity index (χ0v) is 8.86. The normalized spacial score (nSPS) is 27.1. The maximum absolute atomic E-state index is 10.7. The van der Waals surface area contributed by atoms with Crippen LogP contribution in [0.2, 0.25) is 0 Å². The van der Waals surface area contributed by atoms with E-state index in [0.717, 1.165) is 19.5 Å². The highest BCUT2D eigenvalue weighted by Crippen LogP contribution is 2.33. The summed E-state index contributed by atoms with van der Waals surface area (Å²) in [6.07, 6.45) is 0.970. The third kappa shape index (κ3) is 1.74. The first-order valence-corrected chi connectivity index (χ1v) is 4.90. The molecule has 1 aromatic rings. The Hall–Kier alpha value is -1.36. The maximum Gasteiger partial charge on any atom is 0.358 e. The molecular formula is C10H14N2O3. The summed E-state index contributed by atoms with van der Waals surface area (Å²) in [5, 5.41) is 12.3. The molecule has 1 fully saturated rings. The molecule has 2 heterocycles. The zero-order chi connectivity index (χ0) is 11.1. The number of aromatic nitrogens is 1. The van der Waals surface area contributed by atoms with Crippen LogP contribution in [0.5, 0.6) is 0 Å². The molecule has 1 aliphatic heterocycles. The Balaban J connectivity index is 2.25. The van der Waals surface area contributed by atoms with Gasteiger partial charge in [0.1, 0.15) is 5.76 Å². The number of hydrogen-bond acceptors (Lipinski definition) is 4. The van der Waals surface area contributed by atoms with Gasteiger partial charge < -0.3 is 14.5 Å². The zero-order valence-electron chi connectivity index (χ0n) is 8.86. The number of rotatable bonds is 2. The molecule has 82 valence electrons. The van der Waals surface area contributed by atoms with Gasteiger partial charge in [0, 0.05) is 18.0 Å². The summed E-state index contributed by atoms with van der Waals surface area (Å²) in [4.78, 5) is 12.9. The van der Waals surface area contributed by atoms with Crippen molar-refractivity contribution in [3.8, 4) is 0 Å². The Labute approximate surface area is 87.7 Å². The van der Waals surface area contributed by atoms with Gasteiger partial charge in [-0.1, -0.05) is 12.1 Å². The standard InChI is InChI=1S/C10H14N2O3/c1-10(3-4-12(2)6-10)8-5-7(9(13)14)11-15-8/h5H,3-4,6H2,1-2H3,(H,13,14). The van der Waals surface area contributed by atoms with Gasteiger partial charge in [0.15, 0.2) is 5.69 Å². The Kier molecular flexibility index (Phi) is 2.26. The summed E-state index contributed by atoms with van der Waals surface area (Å²) in [5.74, 6) is -0.371. The van der Waals surface area contributed by atoms with Crippen LogP contribution in [-0.2, 0) is 5.41 Å². The van der Waals surface area contributed by atoms with Gasteiger partial charge in [-0.3, -0.25) is 0 Å². The van der Waals surface area contributed by atoms with Crippen molar-refractivity contribution in [3.63, 3.8) is 0 Å². The lowest BCUT2D eigenvalue weighted by Gasteiger charge is -2.19. The molecule has 5 nitrogen and oxygen atoms in total. The van der Waals surface area contributed by atoms with E-state index in [9.17, 15) is 4.79 Å². The van der Waals surface area contributed by atoms with Gasteiger partial charge in [0.2, 0.25) is 0 Å². The van der Waals surface area contributed by atoms with Crippen molar-refractivity contribution >= 4 is 5.97 Å². The molecule has 1 aromatic heterocycles. The van der Waals surface area contributed by atoms with Crippen LogP contribution in [0.1, 0.15) is 29.6 Å². The van der Waals surface area contributed by atoms with Crippen molar-refractivity contribution in [1.29, 1.82) is 0 Å². The molecule has 0 radical (unpaired) electrons. The van der Waals surface area contributed by atoms with Crippen molar-refractivity contribution in [1.82, 2.24) is 10.1 Å². The number of aromatic carboxylic acids is 1. The molecule has 1 aliphatic rings. The largest absolute Gasteiger partial charge is 0.476 e. The predicted molar refractivity (Wildman–Crippen MR) is 52.9 cm³/mol. The van der Waals surface area contributed by atoms with Crippen molar-refractivity contribution in [3.05, 3.63) is 17.5 Å². The Morgan fingerprint density at radius 2 is 2.47 bits per heavy atom. The highest BCUT2D eigenvalue weighted by molar-refractivity contribution is 5.85. The maximum atomic E-state index is 10.7. The molecule has 1 unspecified atom stereocenters. The second-order valence-electron chi connectivity index (χ2n) is 4.43. The van der Waals surface area contributed by atoms with Crippen LogP contribution >= 0.6 is 0 Å². The van der Waals surface area contributed by atoms with Crippen molar-refractivity contribution < 1.29 is 14.4 Å². The molecule has 0 aromatic carbocycles. The lowest BCUT2D eigenvalue weighted by Crippen LogP contribution is -2.25. The van der Waals surface area contributed by atoms with Crippen LogP contribution in [0.4, 0.5) is 0 Å². The molecule has 0 bridgehead atoms. The van der Waals surface area contributed by atoms with Gasteiger partial charge >= 0.3 is 5.97 Å². The van der Waals surface area contributed by atoms with E-state index in [1.54, 1.807) is 0 Å². The van der Waals surface area contributed by atoms with Gasteiger partial charge in [-0.05, 0) is 20.0 Å². The SMILES string of the molecule is CN1CCC(C)(c2cc(C(=O)O)no2)C1. The summed E-state index contributed by atoms with van der Waals surface area (Å²) in [6.45, 7) is 3.95. The highest BCUT2D eigenvalue weighted by Gasteiger charge is 2.37. The third-order valence-electron chi connectivity index (χ3n) is 2.99. The van der Waals surface area contributed by atoms with Gasteiger partial charge in [0.05, 0.1) is 0 Å². The number of nitrogens with zero attached hydrogens (tertiary/aromatic N) is 2. The van der Waals surface area contributed by atoms with E-state index in [2.05, 4.69) is 17.0 Å². The number of likely N-dealkylation sites (tertiary alicyclic amines) is 1. The quantitative estimate of drug-likeness (QED) is 0.787. The minimum absolute atomic E-state index is 0.0132. The molecule has 5 heteroatoms. The third-order valence-corrected chi connectivity index (χ3v) is 2.99. The van der Waals surface area contributed by atoms with E-state index in [4.69, 9.17) is 9.63 Å². The van der Waals surface area contributed by atoms with E-state index in [-0.39, 0.29) is 11.1 Å². The fourth-order valence-corrected chi connectivity index (χ4v) is 2.05. The number of likely N-dealkylation sites (N-methyl/N-ethyl adjacent to an activating group) is 1. The summed E-state index contributed by atoms with van der Waals surface area (Å²) in [6, 6.07) is 1.53. The Bertz CT molecular complexity index is 388. The lowest BCUT2D eigenvalue weighted by molar-refractivity contribution is 0.0685. The number of carboxylic acid groups (broad SMARTS) is 1. The van der Waals surface area contributed by atoms with Gasteiger partial charge in [-0.2, -0.15) is 0 Å². The van der Waals surface area contributed by atoms with E-state index in [1.807, 2.05) is 7.05 Å². The molecule has 2 rings (SSSR count). The minimum Gasteiger partial charge on any atom is -0.476 e. The lowest BCUT2D eigenvalue weighted by atomic mass is 9.87. The molecule has 15 heavy (non-hydrogen) atoms. The Morgan fingerprint density at radius 3 is 2.93 bits per heavy atom. The van der Waals surface area contributed by atoms with Crippen LogP contribution in [-0.4, -0.2) is 41.3 Å². The first kappa shape index (κ1) is 10.2. The summed E-state index contributed by atoms with van der Waals surface area (Å²) < 4.78 is 5.10. The highest BCUT2D eigenvalue weighted by atomic mass is 16.5. The average molecular weight is 210 g/mol. The molecule has 0 spiro atoms. The van der Waals surface area contributed by atoms with Gasteiger partial charge in [0.25, 0.3) is 0 Å². The second kappa shape index (κ2) is 3.34. The number of carbonyl (C=O) groups is 1. The number of carboxylic acids is 1. The van der Waals surface area contributed by atoms with Crippen LogP contribution in [0.25, 0.3) is 0 Å². The van der Waals surface area contributed by atoms with Crippen molar-refractivity contribution in [2.75, 3.05) is 20.1 Å². The molecule has 1 atom stereocenters. The monoisotopic (exact) mass is 210 g/mol. The first-order chi connectivity index (χ1) is 7.01. The first-order valence-electron chi connectivity index (χ1n) is 4.90. The average Bonchev–Trinajstić information content (AvgIpc) is 2.73. The van der Waals surface area contributed by atoms with Gasteiger partial charge in [-0.15, -0.1) is 0 Å². The number of hydrogen-bond donors (Lipinski definition) is 1. The van der Waals surface area contributed by atoms with Crippen molar-refractivity contribution in [2.45, 2.75) is 18.8 Å². The molecule has 0 amide bonds. The van der Waals surface area contributed by atoms with Crippen LogP contribution in [0.3, 0.4) is 0 Å². The summed E-state index contributed by atoms with van der Waals surface area (Å²) >= 11 is 0. The van der Waals surface area contributed by atoms with E-state index in [0.29, 0.717) is 5.76 Å². The minimum atomic E-state index is -1.04. The fourth-order valence-electron chi connectivity index (χ4n) is 2.05. The summed E-state index contributed by atoms with van der Waals surface area (Å²) in [7, 11) is 2.04. The van der Waals surface area contributed by atoms with E-state index < -0.39 is 5.97 Å².